The third kappa shape index (κ3) is 1.44. The number of aliphatic imine (C=N–C) groups is 1. The Labute approximate surface area is 85.5 Å². The van der Waals surface area contributed by atoms with Gasteiger partial charge >= 0.3 is 0 Å². The van der Waals surface area contributed by atoms with Gasteiger partial charge < -0.3 is 9.47 Å². The Morgan fingerprint density at radius 1 is 1.29 bits per heavy atom. The minimum absolute atomic E-state index is 0.119. The summed E-state index contributed by atoms with van der Waals surface area (Å²) >= 11 is 0. The van der Waals surface area contributed by atoms with E-state index < -0.39 is 0 Å². The first-order chi connectivity index (χ1) is 6.63. The van der Waals surface area contributed by atoms with Crippen molar-refractivity contribution in [3.8, 4) is 0 Å². The van der Waals surface area contributed by atoms with Crippen LogP contribution in [0.5, 0.6) is 0 Å². The number of rotatable bonds is 1. The van der Waals surface area contributed by atoms with Crippen molar-refractivity contribution in [3.63, 3.8) is 0 Å². The van der Waals surface area contributed by atoms with Gasteiger partial charge in [0.1, 0.15) is 6.04 Å². The highest BCUT2D eigenvalue weighted by molar-refractivity contribution is 5.75. The molecule has 14 heavy (non-hydrogen) atoms. The number of nitrogens with zero attached hydrogens (tertiary/aromatic N) is 1. The molecular weight excluding hydrogens is 178 g/mol. The fourth-order valence-corrected chi connectivity index (χ4v) is 2.43. The molecule has 0 aromatic carbocycles. The van der Waals surface area contributed by atoms with Crippen LogP contribution in [-0.2, 0) is 9.47 Å². The average Bonchev–Trinajstić information content (AvgIpc) is 2.52. The molecule has 5 atom stereocenters. The Morgan fingerprint density at radius 2 is 2.00 bits per heavy atom. The summed E-state index contributed by atoms with van der Waals surface area (Å²) in [5, 5.41) is 0. The van der Waals surface area contributed by atoms with Gasteiger partial charge in [-0.3, -0.25) is 0 Å². The van der Waals surface area contributed by atoms with Gasteiger partial charge in [0.05, 0.1) is 6.10 Å². The van der Waals surface area contributed by atoms with Gasteiger partial charge in [-0.05, 0) is 18.3 Å². The highest BCUT2D eigenvalue weighted by Crippen LogP contribution is 2.36. The van der Waals surface area contributed by atoms with Crippen LogP contribution in [0.15, 0.2) is 4.99 Å². The van der Waals surface area contributed by atoms with E-state index in [0.717, 1.165) is 12.3 Å². The van der Waals surface area contributed by atoms with Gasteiger partial charge in [-0.1, -0.05) is 20.8 Å². The Morgan fingerprint density at radius 3 is 2.64 bits per heavy atom. The fourth-order valence-electron chi connectivity index (χ4n) is 2.43. The molecule has 80 valence electrons. The first kappa shape index (κ1) is 9.97. The number of hydrogen-bond acceptors (Lipinski definition) is 3. The summed E-state index contributed by atoms with van der Waals surface area (Å²) in [5.41, 5.74) is 0. The Balaban J connectivity index is 2.14. The van der Waals surface area contributed by atoms with E-state index in [1.165, 1.54) is 0 Å². The topological polar surface area (TPSA) is 30.8 Å². The Bertz CT molecular complexity index is 252. The van der Waals surface area contributed by atoms with E-state index in [1.54, 1.807) is 0 Å². The molecule has 3 nitrogen and oxygen atoms in total. The first-order valence-corrected chi connectivity index (χ1v) is 5.50. The molecule has 0 N–H and O–H groups in total. The molecule has 0 spiro atoms. The molecule has 0 aromatic heterocycles. The lowest BCUT2D eigenvalue weighted by Gasteiger charge is -2.39. The van der Waals surface area contributed by atoms with Crippen LogP contribution in [0.1, 0.15) is 34.1 Å². The quantitative estimate of drug-likeness (QED) is 0.645. The van der Waals surface area contributed by atoms with Gasteiger partial charge in [-0.15, -0.1) is 0 Å². The molecule has 0 bridgehead atoms. The van der Waals surface area contributed by atoms with Crippen molar-refractivity contribution < 1.29 is 9.47 Å². The standard InChI is InChI=1S/C11H19NO2/c1-5-9-6(2)7(3)10-11(14-9)13-8(4)12-10/h6-7,9-11H,5H2,1-4H3/t6-,7-,9?,10?,11+/m0/s1. The first-order valence-electron chi connectivity index (χ1n) is 5.50. The van der Waals surface area contributed by atoms with Crippen LogP contribution in [0, 0.1) is 11.8 Å². The van der Waals surface area contributed by atoms with Crippen molar-refractivity contribution in [2.24, 2.45) is 16.8 Å². The summed E-state index contributed by atoms with van der Waals surface area (Å²) in [7, 11) is 0. The normalized spacial score (nSPS) is 46.9. The lowest BCUT2D eigenvalue weighted by molar-refractivity contribution is -0.186. The zero-order valence-electron chi connectivity index (χ0n) is 9.36. The smallest absolute Gasteiger partial charge is 0.224 e. The Hall–Kier alpha value is -0.570. The van der Waals surface area contributed by atoms with Crippen LogP contribution in [0.2, 0.25) is 0 Å². The van der Waals surface area contributed by atoms with Gasteiger partial charge in [-0.25, -0.2) is 4.99 Å². The molecule has 0 radical (unpaired) electrons. The minimum Gasteiger partial charge on any atom is -0.450 e. The van der Waals surface area contributed by atoms with Crippen molar-refractivity contribution in [2.75, 3.05) is 0 Å². The molecular formula is C11H19NO2. The van der Waals surface area contributed by atoms with E-state index in [2.05, 4.69) is 25.8 Å². The summed E-state index contributed by atoms with van der Waals surface area (Å²) in [6.45, 7) is 8.56. The third-order valence-electron chi connectivity index (χ3n) is 3.56. The van der Waals surface area contributed by atoms with Crippen LogP contribution in [0.4, 0.5) is 0 Å². The average molecular weight is 197 g/mol. The largest absolute Gasteiger partial charge is 0.450 e. The predicted molar refractivity (Wildman–Crippen MR) is 55.3 cm³/mol. The van der Waals surface area contributed by atoms with E-state index in [0.29, 0.717) is 17.9 Å². The molecule has 1 fully saturated rings. The molecule has 2 rings (SSSR count). The van der Waals surface area contributed by atoms with Crippen molar-refractivity contribution >= 4 is 5.90 Å². The van der Waals surface area contributed by atoms with Crippen molar-refractivity contribution in [1.29, 1.82) is 0 Å². The molecule has 2 aliphatic rings. The predicted octanol–water partition coefficient (Wildman–Crippen LogP) is 2.21. The molecule has 2 aliphatic heterocycles. The van der Waals surface area contributed by atoms with Gasteiger partial charge in [-0.2, -0.15) is 0 Å². The maximum atomic E-state index is 5.88. The SMILES string of the molecule is CCC1O[C@H]2OC(C)=NC2[C@@H](C)[C@@H]1C. The lowest BCUT2D eigenvalue weighted by atomic mass is 9.82. The minimum atomic E-state index is -0.119. The summed E-state index contributed by atoms with van der Waals surface area (Å²) in [4.78, 5) is 4.48. The van der Waals surface area contributed by atoms with E-state index in [9.17, 15) is 0 Å². The van der Waals surface area contributed by atoms with Crippen LogP contribution >= 0.6 is 0 Å². The van der Waals surface area contributed by atoms with Crippen LogP contribution in [-0.4, -0.2) is 24.3 Å². The number of ether oxygens (including phenoxy) is 2. The highest BCUT2D eigenvalue weighted by atomic mass is 16.7. The molecule has 0 aromatic rings. The van der Waals surface area contributed by atoms with Gasteiger partial charge in [0.25, 0.3) is 0 Å². The molecule has 2 heterocycles. The van der Waals surface area contributed by atoms with E-state index >= 15 is 0 Å². The second kappa shape index (κ2) is 3.54. The van der Waals surface area contributed by atoms with Crippen molar-refractivity contribution in [1.82, 2.24) is 0 Å². The van der Waals surface area contributed by atoms with Gasteiger partial charge in [0.15, 0.2) is 5.90 Å². The van der Waals surface area contributed by atoms with Crippen LogP contribution in [0.25, 0.3) is 0 Å². The number of fused-ring (bicyclic) bond motifs is 1. The van der Waals surface area contributed by atoms with E-state index in [4.69, 9.17) is 9.47 Å². The molecule has 3 heteroatoms. The maximum Gasteiger partial charge on any atom is 0.224 e. The lowest BCUT2D eigenvalue weighted by Crippen LogP contribution is -2.46. The fraction of sp³-hybridized carbons (Fsp3) is 0.909. The van der Waals surface area contributed by atoms with E-state index in [1.807, 2.05) is 6.92 Å². The highest BCUT2D eigenvalue weighted by Gasteiger charge is 2.44. The van der Waals surface area contributed by atoms with E-state index in [-0.39, 0.29) is 12.3 Å². The van der Waals surface area contributed by atoms with Crippen LogP contribution < -0.4 is 0 Å². The molecule has 2 unspecified atom stereocenters. The van der Waals surface area contributed by atoms with Gasteiger partial charge in [0.2, 0.25) is 6.29 Å². The molecule has 0 saturated carbocycles. The second-order valence-electron chi connectivity index (χ2n) is 4.43. The molecule has 0 amide bonds. The zero-order valence-corrected chi connectivity index (χ0v) is 9.36. The zero-order chi connectivity index (χ0) is 10.3. The summed E-state index contributed by atoms with van der Waals surface area (Å²) in [6.07, 6.45) is 1.26. The molecule has 0 aliphatic carbocycles. The maximum absolute atomic E-state index is 5.88. The summed E-state index contributed by atoms with van der Waals surface area (Å²) < 4.78 is 11.4. The monoisotopic (exact) mass is 197 g/mol. The second-order valence-corrected chi connectivity index (χ2v) is 4.43. The van der Waals surface area contributed by atoms with Crippen molar-refractivity contribution in [2.45, 2.75) is 52.6 Å². The molecule has 1 saturated heterocycles. The van der Waals surface area contributed by atoms with Gasteiger partial charge in [0, 0.05) is 6.92 Å². The number of hydrogen-bond donors (Lipinski definition) is 0. The van der Waals surface area contributed by atoms with Crippen LogP contribution in [0.3, 0.4) is 0 Å². The third-order valence-corrected chi connectivity index (χ3v) is 3.56. The van der Waals surface area contributed by atoms with Crippen molar-refractivity contribution in [3.05, 3.63) is 0 Å². The summed E-state index contributed by atoms with van der Waals surface area (Å²) in [6, 6.07) is 0.216. The summed E-state index contributed by atoms with van der Waals surface area (Å²) in [5.74, 6) is 1.89. The Kier molecular flexibility index (Phi) is 2.52.